The highest BCUT2D eigenvalue weighted by atomic mass is 35.5. The summed E-state index contributed by atoms with van der Waals surface area (Å²) in [7, 11) is 0. The first-order valence-corrected chi connectivity index (χ1v) is 9.49. The number of non-ortho nitro benzene ring substituents is 1. The molecule has 0 fully saturated rings. The Morgan fingerprint density at radius 1 is 1.14 bits per heavy atom. The third-order valence-corrected chi connectivity index (χ3v) is 4.80. The summed E-state index contributed by atoms with van der Waals surface area (Å²) in [6.45, 7) is -0.134. The van der Waals surface area contributed by atoms with E-state index in [9.17, 15) is 14.9 Å². The van der Waals surface area contributed by atoms with Crippen molar-refractivity contribution in [2.24, 2.45) is 0 Å². The van der Waals surface area contributed by atoms with Crippen molar-refractivity contribution in [3.8, 4) is 11.5 Å². The van der Waals surface area contributed by atoms with Gasteiger partial charge in [-0.15, -0.1) is 22.0 Å². The van der Waals surface area contributed by atoms with Crippen LogP contribution in [0.25, 0.3) is 11.5 Å². The number of nitro benzene ring substituents is 1. The van der Waals surface area contributed by atoms with Crippen LogP contribution in [0.3, 0.4) is 0 Å². The maximum atomic E-state index is 11.8. The lowest BCUT2D eigenvalue weighted by molar-refractivity contribution is -0.384. The number of nitrogens with zero attached hydrogens (tertiary/aromatic N) is 3. The van der Waals surface area contributed by atoms with Crippen molar-refractivity contribution in [3.63, 3.8) is 0 Å². The SMILES string of the molecule is O=C(CCSc1ccc(Cl)cc1)OCc1nnc(-c2ccc([N+](=O)[O-])cc2)o1. The van der Waals surface area contributed by atoms with Gasteiger partial charge < -0.3 is 9.15 Å². The molecule has 0 saturated carbocycles. The van der Waals surface area contributed by atoms with Gasteiger partial charge in [-0.2, -0.15) is 0 Å². The minimum absolute atomic E-state index is 0.0334. The quantitative estimate of drug-likeness (QED) is 0.227. The zero-order chi connectivity index (χ0) is 19.9. The van der Waals surface area contributed by atoms with E-state index in [-0.39, 0.29) is 36.5 Å². The Hall–Kier alpha value is -2.91. The number of halogens is 1. The van der Waals surface area contributed by atoms with E-state index in [1.54, 1.807) is 12.1 Å². The summed E-state index contributed by atoms with van der Waals surface area (Å²) in [6.07, 6.45) is 0.233. The van der Waals surface area contributed by atoms with Crippen molar-refractivity contribution >= 4 is 35.0 Å². The molecule has 2 aromatic carbocycles. The van der Waals surface area contributed by atoms with Crippen LogP contribution in [-0.2, 0) is 16.1 Å². The second-order valence-electron chi connectivity index (χ2n) is 5.52. The molecule has 0 amide bonds. The molecule has 144 valence electrons. The van der Waals surface area contributed by atoms with Crippen LogP contribution in [0, 0.1) is 10.1 Å². The molecule has 3 aromatic rings. The number of ether oxygens (including phenoxy) is 1. The Kier molecular flexibility index (Phi) is 6.62. The topological polar surface area (TPSA) is 108 Å². The highest BCUT2D eigenvalue weighted by molar-refractivity contribution is 7.99. The second-order valence-corrected chi connectivity index (χ2v) is 7.12. The number of hydrogen-bond acceptors (Lipinski definition) is 8. The smallest absolute Gasteiger partial charge is 0.307 e. The summed E-state index contributed by atoms with van der Waals surface area (Å²) in [6, 6.07) is 13.1. The number of carbonyl (C=O) groups is 1. The summed E-state index contributed by atoms with van der Waals surface area (Å²) in [5.74, 6) is 0.529. The van der Waals surface area contributed by atoms with Crippen molar-refractivity contribution < 1.29 is 18.9 Å². The summed E-state index contributed by atoms with van der Waals surface area (Å²) >= 11 is 7.35. The fraction of sp³-hybridized carbons (Fsp3) is 0.167. The minimum atomic E-state index is -0.492. The Morgan fingerprint density at radius 3 is 2.54 bits per heavy atom. The Balaban J connectivity index is 1.45. The second kappa shape index (κ2) is 9.34. The number of rotatable bonds is 8. The highest BCUT2D eigenvalue weighted by Gasteiger charge is 2.13. The fourth-order valence-electron chi connectivity index (χ4n) is 2.15. The monoisotopic (exact) mass is 419 g/mol. The summed E-state index contributed by atoms with van der Waals surface area (Å²) in [5.41, 5.74) is 0.504. The van der Waals surface area contributed by atoms with Crippen LogP contribution in [0.5, 0.6) is 0 Å². The van der Waals surface area contributed by atoms with Gasteiger partial charge in [-0.25, -0.2) is 0 Å². The average molecular weight is 420 g/mol. The zero-order valence-corrected chi connectivity index (χ0v) is 16.0. The molecule has 0 aliphatic rings. The molecule has 0 saturated heterocycles. The molecule has 0 aliphatic heterocycles. The first kappa shape index (κ1) is 19.8. The molecule has 28 heavy (non-hydrogen) atoms. The van der Waals surface area contributed by atoms with Crippen molar-refractivity contribution in [1.29, 1.82) is 0 Å². The third-order valence-electron chi connectivity index (χ3n) is 3.54. The lowest BCUT2D eigenvalue weighted by Gasteiger charge is -2.03. The van der Waals surface area contributed by atoms with Gasteiger partial charge in [0.15, 0.2) is 6.61 Å². The molecular formula is C18H14ClN3O5S. The van der Waals surface area contributed by atoms with Crippen molar-refractivity contribution in [2.45, 2.75) is 17.9 Å². The molecule has 0 aliphatic carbocycles. The van der Waals surface area contributed by atoms with E-state index < -0.39 is 4.92 Å². The Bertz CT molecular complexity index is 960. The van der Waals surface area contributed by atoms with Crippen molar-refractivity contribution in [3.05, 3.63) is 69.6 Å². The van der Waals surface area contributed by atoms with Gasteiger partial charge in [0.05, 0.1) is 11.3 Å². The van der Waals surface area contributed by atoms with E-state index in [0.29, 0.717) is 16.3 Å². The summed E-state index contributed by atoms with van der Waals surface area (Å²) in [5, 5.41) is 19.0. The first-order chi connectivity index (χ1) is 13.5. The van der Waals surface area contributed by atoms with Crippen LogP contribution in [0.4, 0.5) is 5.69 Å². The van der Waals surface area contributed by atoms with Crippen molar-refractivity contribution in [1.82, 2.24) is 10.2 Å². The number of esters is 1. The van der Waals surface area contributed by atoms with Crippen LogP contribution in [0.2, 0.25) is 5.02 Å². The van der Waals surface area contributed by atoms with Gasteiger partial charge in [-0.05, 0) is 36.4 Å². The van der Waals surface area contributed by atoms with Gasteiger partial charge in [-0.3, -0.25) is 14.9 Å². The first-order valence-electron chi connectivity index (χ1n) is 8.12. The molecule has 0 atom stereocenters. The standard InChI is InChI=1S/C18H14ClN3O5S/c19-13-3-7-15(8-4-13)28-10-9-17(23)26-11-16-20-21-18(27-16)12-1-5-14(6-2-12)22(24)25/h1-8H,9-11H2. The lowest BCUT2D eigenvalue weighted by Crippen LogP contribution is -2.05. The predicted octanol–water partition coefficient (Wildman–Crippen LogP) is 4.52. The largest absolute Gasteiger partial charge is 0.456 e. The van der Waals surface area contributed by atoms with Gasteiger partial charge in [0, 0.05) is 33.4 Å². The number of benzene rings is 2. The number of aromatic nitrogens is 2. The lowest BCUT2D eigenvalue weighted by atomic mass is 10.2. The average Bonchev–Trinajstić information content (AvgIpc) is 3.17. The maximum Gasteiger partial charge on any atom is 0.307 e. The molecule has 0 radical (unpaired) electrons. The van der Waals surface area contributed by atoms with Crippen molar-refractivity contribution in [2.75, 3.05) is 5.75 Å². The maximum absolute atomic E-state index is 11.8. The van der Waals surface area contributed by atoms with Gasteiger partial charge in [-0.1, -0.05) is 11.6 Å². The van der Waals surface area contributed by atoms with Crippen LogP contribution >= 0.6 is 23.4 Å². The van der Waals surface area contributed by atoms with Gasteiger partial charge >= 0.3 is 5.97 Å². The number of hydrogen-bond donors (Lipinski definition) is 0. The Morgan fingerprint density at radius 2 is 1.86 bits per heavy atom. The molecular weight excluding hydrogens is 406 g/mol. The molecule has 0 N–H and O–H groups in total. The van der Waals surface area contributed by atoms with E-state index in [1.165, 1.54) is 36.0 Å². The predicted molar refractivity (Wildman–Crippen MR) is 103 cm³/mol. The summed E-state index contributed by atoms with van der Waals surface area (Å²) < 4.78 is 10.5. The van der Waals surface area contributed by atoms with Gasteiger partial charge in [0.2, 0.25) is 5.89 Å². The van der Waals surface area contributed by atoms with Gasteiger partial charge in [0.25, 0.3) is 11.6 Å². The van der Waals surface area contributed by atoms with Crippen LogP contribution in [0.1, 0.15) is 12.3 Å². The van der Waals surface area contributed by atoms with E-state index in [0.717, 1.165) is 4.90 Å². The number of carbonyl (C=O) groups excluding carboxylic acids is 1. The van der Waals surface area contributed by atoms with Crippen LogP contribution in [0.15, 0.2) is 57.8 Å². The van der Waals surface area contributed by atoms with E-state index >= 15 is 0 Å². The molecule has 0 unspecified atom stereocenters. The van der Waals surface area contributed by atoms with E-state index in [1.807, 2.05) is 12.1 Å². The van der Waals surface area contributed by atoms with Gasteiger partial charge in [0.1, 0.15) is 0 Å². The fourth-order valence-corrected chi connectivity index (χ4v) is 3.11. The molecule has 10 heteroatoms. The summed E-state index contributed by atoms with van der Waals surface area (Å²) in [4.78, 5) is 23.0. The number of thioether (sulfide) groups is 1. The minimum Gasteiger partial charge on any atom is -0.456 e. The molecule has 3 rings (SSSR count). The third kappa shape index (κ3) is 5.54. The molecule has 1 heterocycles. The highest BCUT2D eigenvalue weighted by Crippen LogP contribution is 2.22. The van der Waals surface area contributed by atoms with Crippen LogP contribution in [-0.4, -0.2) is 26.8 Å². The number of nitro groups is 1. The van der Waals surface area contributed by atoms with E-state index in [4.69, 9.17) is 20.8 Å². The Labute approximate surface area is 169 Å². The zero-order valence-electron chi connectivity index (χ0n) is 14.4. The molecule has 0 bridgehead atoms. The molecule has 1 aromatic heterocycles. The molecule has 8 nitrogen and oxygen atoms in total. The van der Waals surface area contributed by atoms with Crippen LogP contribution < -0.4 is 0 Å². The normalized spacial score (nSPS) is 10.6. The van der Waals surface area contributed by atoms with E-state index in [2.05, 4.69) is 10.2 Å². The molecule has 0 spiro atoms.